The standard InChI is InChI=1S/C20H20F2N2O5S2/c21-16-1-5-18(6-2-16)30(26,15-25)24-13-14-29-20(24)9-11-23(12-10-20)31(27,28)19-7-3-17(22)4-8-19/h1-8H,9-14H2. The van der Waals surface area contributed by atoms with E-state index in [-0.39, 0.29) is 48.9 Å². The van der Waals surface area contributed by atoms with Crippen molar-refractivity contribution >= 4 is 25.0 Å². The monoisotopic (exact) mass is 470 g/mol. The summed E-state index contributed by atoms with van der Waals surface area (Å²) in [7, 11) is -7.33. The van der Waals surface area contributed by atoms with Gasteiger partial charge in [0.2, 0.25) is 15.3 Å². The third-order valence-electron chi connectivity index (χ3n) is 5.63. The highest BCUT2D eigenvalue weighted by Crippen LogP contribution is 2.39. The minimum atomic E-state index is -3.84. The number of benzene rings is 2. The summed E-state index contributed by atoms with van der Waals surface area (Å²) in [6.45, 7) is 0.531. The number of hydrogen-bond donors (Lipinski definition) is 0. The van der Waals surface area contributed by atoms with Crippen LogP contribution in [0, 0.1) is 11.6 Å². The molecular weight excluding hydrogens is 450 g/mol. The lowest BCUT2D eigenvalue weighted by molar-refractivity contribution is -0.0794. The average molecular weight is 471 g/mol. The van der Waals surface area contributed by atoms with Gasteiger partial charge in [0.25, 0.3) is 0 Å². The van der Waals surface area contributed by atoms with Gasteiger partial charge >= 0.3 is 0 Å². The first-order valence-electron chi connectivity index (χ1n) is 9.57. The van der Waals surface area contributed by atoms with E-state index >= 15 is 0 Å². The van der Waals surface area contributed by atoms with E-state index in [0.717, 1.165) is 24.3 Å². The Balaban J connectivity index is 1.60. The third-order valence-corrected chi connectivity index (χ3v) is 9.82. The van der Waals surface area contributed by atoms with Gasteiger partial charge in [-0.3, -0.25) is 0 Å². The maximum Gasteiger partial charge on any atom is 0.243 e. The predicted octanol–water partition coefficient (Wildman–Crippen LogP) is 2.10. The molecule has 0 bridgehead atoms. The van der Waals surface area contributed by atoms with Gasteiger partial charge in [0.1, 0.15) is 27.1 Å². The van der Waals surface area contributed by atoms with Gasteiger partial charge in [0, 0.05) is 32.5 Å². The normalized spacial score (nSPS) is 21.6. The summed E-state index contributed by atoms with van der Waals surface area (Å²) >= 11 is 0. The fourth-order valence-electron chi connectivity index (χ4n) is 4.02. The molecule has 0 saturated carbocycles. The molecule has 11 heteroatoms. The molecule has 2 aliphatic rings. The van der Waals surface area contributed by atoms with E-state index in [4.69, 9.17) is 4.74 Å². The number of nitrogens with zero attached hydrogens (tertiary/aromatic N) is 2. The Morgan fingerprint density at radius 1 is 0.839 bits per heavy atom. The van der Waals surface area contributed by atoms with Crippen LogP contribution in [0.5, 0.6) is 0 Å². The molecule has 2 fully saturated rings. The van der Waals surface area contributed by atoms with Crippen LogP contribution >= 0.6 is 0 Å². The molecule has 7 nitrogen and oxygen atoms in total. The van der Waals surface area contributed by atoms with Crippen LogP contribution in [0.2, 0.25) is 0 Å². The van der Waals surface area contributed by atoms with E-state index in [0.29, 0.717) is 0 Å². The van der Waals surface area contributed by atoms with Crippen molar-refractivity contribution < 1.29 is 30.9 Å². The van der Waals surface area contributed by atoms with Crippen molar-refractivity contribution in [3.63, 3.8) is 0 Å². The molecule has 4 rings (SSSR count). The molecule has 166 valence electrons. The van der Waals surface area contributed by atoms with Gasteiger partial charge in [-0.25, -0.2) is 26.2 Å². The SMILES string of the molecule is O=C=S(=O)(c1ccc(F)cc1)N1CCOC12CCN(S(=O)(=O)c1ccc(F)cc1)CC2. The summed E-state index contributed by atoms with van der Waals surface area (Å²) in [6, 6.07) is 9.37. The molecule has 2 heterocycles. The second kappa shape index (κ2) is 8.09. The van der Waals surface area contributed by atoms with Gasteiger partial charge in [-0.1, -0.05) is 0 Å². The Labute approximate surface area is 179 Å². The van der Waals surface area contributed by atoms with Crippen molar-refractivity contribution in [3.05, 3.63) is 60.2 Å². The number of piperidine rings is 1. The van der Waals surface area contributed by atoms with Crippen molar-refractivity contribution in [1.82, 2.24) is 8.61 Å². The summed E-state index contributed by atoms with van der Waals surface area (Å²) in [5.41, 5.74) is -1.10. The van der Waals surface area contributed by atoms with Crippen LogP contribution in [0.15, 0.2) is 58.3 Å². The first kappa shape index (κ1) is 22.1. The highest BCUT2D eigenvalue weighted by atomic mass is 32.2. The molecule has 2 aromatic carbocycles. The summed E-state index contributed by atoms with van der Waals surface area (Å²) in [5, 5.41) is 1.63. The van der Waals surface area contributed by atoms with Gasteiger partial charge in [-0.2, -0.15) is 8.61 Å². The molecule has 2 aliphatic heterocycles. The first-order chi connectivity index (χ1) is 14.7. The van der Waals surface area contributed by atoms with E-state index in [9.17, 15) is 26.2 Å². The third kappa shape index (κ3) is 3.82. The van der Waals surface area contributed by atoms with Gasteiger partial charge in [-0.05, 0) is 48.5 Å². The van der Waals surface area contributed by atoms with E-state index in [2.05, 4.69) is 0 Å². The summed E-state index contributed by atoms with van der Waals surface area (Å²) < 4.78 is 74.4. The van der Waals surface area contributed by atoms with Crippen molar-refractivity contribution in [2.45, 2.75) is 28.4 Å². The highest BCUT2D eigenvalue weighted by Gasteiger charge is 2.50. The molecule has 0 amide bonds. The Morgan fingerprint density at radius 3 is 1.87 bits per heavy atom. The van der Waals surface area contributed by atoms with Gasteiger partial charge < -0.3 is 4.74 Å². The molecule has 31 heavy (non-hydrogen) atoms. The Hall–Kier alpha value is -2.14. The zero-order valence-electron chi connectivity index (χ0n) is 16.4. The predicted molar refractivity (Wildman–Crippen MR) is 108 cm³/mol. The number of halogens is 2. The quantitative estimate of drug-likeness (QED) is 0.639. The second-order valence-electron chi connectivity index (χ2n) is 7.32. The minimum absolute atomic E-state index is 0.0228. The summed E-state index contributed by atoms with van der Waals surface area (Å²) in [6.07, 6.45) is 0.348. The smallest absolute Gasteiger partial charge is 0.243 e. The summed E-state index contributed by atoms with van der Waals surface area (Å²) in [5.74, 6) is -1.06. The largest absolute Gasteiger partial charge is 0.358 e. The lowest BCUT2D eigenvalue weighted by Gasteiger charge is -2.43. The van der Waals surface area contributed by atoms with Crippen molar-refractivity contribution in [2.75, 3.05) is 26.2 Å². The molecule has 0 radical (unpaired) electrons. The highest BCUT2D eigenvalue weighted by molar-refractivity contribution is 7.98. The number of carbonyl (C=O) groups excluding carboxylic acids is 1. The fourth-order valence-corrected chi connectivity index (χ4v) is 7.44. The molecular formula is C20H20F2N2O5S2. The molecule has 0 aliphatic carbocycles. The maximum atomic E-state index is 13.6. The van der Waals surface area contributed by atoms with Crippen LogP contribution in [0.25, 0.3) is 0 Å². The molecule has 1 unspecified atom stereocenters. The van der Waals surface area contributed by atoms with Crippen LogP contribution in [-0.4, -0.2) is 58.4 Å². The van der Waals surface area contributed by atoms with E-state index in [1.807, 2.05) is 0 Å². The van der Waals surface area contributed by atoms with Crippen LogP contribution in [0.3, 0.4) is 0 Å². The average Bonchev–Trinajstić information content (AvgIpc) is 3.17. The second-order valence-corrected chi connectivity index (χ2v) is 11.4. The number of hydrogen-bond acceptors (Lipinski definition) is 5. The van der Waals surface area contributed by atoms with Gasteiger partial charge in [-0.15, -0.1) is 0 Å². The molecule has 1 atom stereocenters. The molecule has 0 N–H and O–H groups in total. The zero-order valence-corrected chi connectivity index (χ0v) is 18.0. The summed E-state index contributed by atoms with van der Waals surface area (Å²) in [4.78, 5) is 11.9. The van der Waals surface area contributed by atoms with E-state index in [1.165, 1.54) is 32.9 Å². The number of sulfonamides is 1. The molecule has 2 aromatic rings. The number of rotatable bonds is 4. The van der Waals surface area contributed by atoms with Crippen molar-refractivity contribution in [2.24, 2.45) is 0 Å². The van der Waals surface area contributed by atoms with Crippen LogP contribution in [0.4, 0.5) is 8.78 Å². The minimum Gasteiger partial charge on any atom is -0.358 e. The topological polar surface area (TPSA) is 84.0 Å². The van der Waals surface area contributed by atoms with Gasteiger partial charge in [0.15, 0.2) is 0 Å². The Morgan fingerprint density at radius 2 is 1.35 bits per heavy atom. The number of ether oxygens (including phenoxy) is 1. The molecule has 0 aromatic heterocycles. The van der Waals surface area contributed by atoms with E-state index < -0.39 is 37.1 Å². The van der Waals surface area contributed by atoms with E-state index in [1.54, 1.807) is 5.23 Å². The van der Waals surface area contributed by atoms with Crippen LogP contribution < -0.4 is 0 Å². The van der Waals surface area contributed by atoms with Crippen molar-refractivity contribution in [3.8, 4) is 0 Å². The molecule has 1 spiro atoms. The maximum absolute atomic E-state index is 13.6. The van der Waals surface area contributed by atoms with Crippen LogP contribution in [-0.2, 0) is 29.3 Å². The Kier molecular flexibility index (Phi) is 5.76. The fraction of sp³-hybridized carbons (Fsp3) is 0.350. The zero-order chi connectivity index (χ0) is 22.3. The van der Waals surface area contributed by atoms with Gasteiger partial charge in [0.05, 0.1) is 16.4 Å². The van der Waals surface area contributed by atoms with Crippen LogP contribution in [0.1, 0.15) is 12.8 Å². The molecule has 2 saturated heterocycles. The lowest BCUT2D eigenvalue weighted by atomic mass is 10.0. The Bertz CT molecular complexity index is 1210. The first-order valence-corrected chi connectivity index (χ1v) is 12.5. The lowest BCUT2D eigenvalue weighted by Crippen LogP contribution is -2.55. The van der Waals surface area contributed by atoms with Crippen molar-refractivity contribution in [1.29, 1.82) is 0 Å².